The summed E-state index contributed by atoms with van der Waals surface area (Å²) in [5.74, 6) is 1.74. The predicted molar refractivity (Wildman–Crippen MR) is 75.6 cm³/mol. The molecule has 18 heavy (non-hydrogen) atoms. The Balaban J connectivity index is 2.51. The van der Waals surface area contributed by atoms with Crippen LogP contribution in [0.5, 0.6) is 11.5 Å². The van der Waals surface area contributed by atoms with E-state index in [-0.39, 0.29) is 5.54 Å². The van der Waals surface area contributed by atoms with E-state index in [4.69, 9.17) is 9.47 Å². The molecular weight excluding hydrogens is 226 g/mol. The molecule has 3 nitrogen and oxygen atoms in total. The Morgan fingerprint density at radius 2 is 1.83 bits per heavy atom. The minimum atomic E-state index is 0.185. The molecule has 1 rings (SSSR count). The zero-order valence-corrected chi connectivity index (χ0v) is 12.2. The van der Waals surface area contributed by atoms with Gasteiger partial charge in [0.2, 0.25) is 0 Å². The van der Waals surface area contributed by atoms with E-state index in [2.05, 4.69) is 32.2 Å². The molecule has 0 aliphatic carbocycles. The van der Waals surface area contributed by atoms with Crippen molar-refractivity contribution in [1.29, 1.82) is 0 Å². The highest BCUT2D eigenvalue weighted by Crippen LogP contribution is 2.25. The molecule has 3 heteroatoms. The summed E-state index contributed by atoms with van der Waals surface area (Å²) < 4.78 is 10.6. The van der Waals surface area contributed by atoms with Crippen LogP contribution in [0.1, 0.15) is 32.8 Å². The van der Waals surface area contributed by atoms with Gasteiger partial charge >= 0.3 is 0 Å². The summed E-state index contributed by atoms with van der Waals surface area (Å²) in [6, 6.07) is 6.00. The van der Waals surface area contributed by atoms with E-state index in [1.165, 1.54) is 5.56 Å². The van der Waals surface area contributed by atoms with Crippen molar-refractivity contribution in [1.82, 2.24) is 5.32 Å². The van der Waals surface area contributed by atoms with E-state index >= 15 is 0 Å². The Morgan fingerprint density at radius 3 is 2.39 bits per heavy atom. The summed E-state index contributed by atoms with van der Waals surface area (Å²) in [7, 11) is 3.37. The van der Waals surface area contributed by atoms with Crippen LogP contribution in [0.3, 0.4) is 0 Å². The monoisotopic (exact) mass is 251 g/mol. The molecule has 0 bridgehead atoms. The van der Waals surface area contributed by atoms with Gasteiger partial charge in [-0.1, -0.05) is 6.07 Å². The van der Waals surface area contributed by atoms with E-state index in [1.807, 2.05) is 12.1 Å². The first-order valence-corrected chi connectivity index (χ1v) is 6.42. The van der Waals surface area contributed by atoms with Gasteiger partial charge in [-0.3, -0.25) is 0 Å². The first-order valence-electron chi connectivity index (χ1n) is 6.42. The first kappa shape index (κ1) is 14.8. The molecule has 0 saturated heterocycles. The summed E-state index contributed by atoms with van der Waals surface area (Å²) in [5.41, 5.74) is 1.42. The number of methoxy groups -OCH3 is 2. The fourth-order valence-corrected chi connectivity index (χ4v) is 1.80. The highest BCUT2D eigenvalue weighted by atomic mass is 16.5. The van der Waals surface area contributed by atoms with Gasteiger partial charge < -0.3 is 14.8 Å². The van der Waals surface area contributed by atoms with Crippen molar-refractivity contribution in [2.24, 2.45) is 0 Å². The van der Waals surface area contributed by atoms with Crippen molar-refractivity contribution < 1.29 is 9.47 Å². The number of rotatable bonds is 6. The summed E-state index contributed by atoms with van der Waals surface area (Å²) in [6.45, 7) is 7.56. The lowest BCUT2D eigenvalue weighted by Gasteiger charge is -2.20. The van der Waals surface area contributed by atoms with E-state index < -0.39 is 0 Å². The van der Waals surface area contributed by atoms with Gasteiger partial charge in [0, 0.05) is 11.6 Å². The maximum absolute atomic E-state index is 5.39. The Bertz CT molecular complexity index is 369. The molecule has 0 aliphatic heterocycles. The van der Waals surface area contributed by atoms with Gasteiger partial charge in [-0.15, -0.1) is 0 Å². The van der Waals surface area contributed by atoms with Crippen LogP contribution >= 0.6 is 0 Å². The summed E-state index contributed by atoms with van der Waals surface area (Å²) in [4.78, 5) is 0. The number of nitrogens with one attached hydrogen (secondary N) is 1. The SMILES string of the molecule is COc1ccc(CCCNC(C)(C)C)c(OC)c1. The highest BCUT2D eigenvalue weighted by molar-refractivity contribution is 5.40. The molecule has 1 aromatic rings. The second-order valence-electron chi connectivity index (χ2n) is 5.46. The number of hydrogen-bond acceptors (Lipinski definition) is 3. The van der Waals surface area contributed by atoms with Crippen LogP contribution in [0.25, 0.3) is 0 Å². The average molecular weight is 251 g/mol. The van der Waals surface area contributed by atoms with Crippen molar-refractivity contribution >= 4 is 0 Å². The maximum atomic E-state index is 5.39. The van der Waals surface area contributed by atoms with Crippen molar-refractivity contribution in [3.8, 4) is 11.5 Å². The minimum absolute atomic E-state index is 0.185. The first-order chi connectivity index (χ1) is 8.46. The maximum Gasteiger partial charge on any atom is 0.125 e. The standard InChI is InChI=1S/C15H25NO2/c1-15(2,3)16-10-6-7-12-8-9-13(17-4)11-14(12)18-5/h8-9,11,16H,6-7,10H2,1-5H3. The summed E-state index contributed by atoms with van der Waals surface area (Å²) in [6.07, 6.45) is 2.11. The Hall–Kier alpha value is -1.22. The molecule has 0 amide bonds. The Morgan fingerprint density at radius 1 is 1.11 bits per heavy atom. The lowest BCUT2D eigenvalue weighted by Crippen LogP contribution is -2.36. The van der Waals surface area contributed by atoms with Crippen LogP contribution in [0.15, 0.2) is 18.2 Å². The van der Waals surface area contributed by atoms with Crippen LogP contribution in [0.4, 0.5) is 0 Å². The molecule has 0 aliphatic rings. The molecule has 0 fully saturated rings. The topological polar surface area (TPSA) is 30.5 Å². The lowest BCUT2D eigenvalue weighted by molar-refractivity contribution is 0.389. The van der Waals surface area contributed by atoms with Crippen LogP contribution in [0, 0.1) is 0 Å². The zero-order chi connectivity index (χ0) is 13.6. The molecule has 0 heterocycles. The second kappa shape index (κ2) is 6.64. The van der Waals surface area contributed by atoms with Gasteiger partial charge in [0.05, 0.1) is 14.2 Å². The van der Waals surface area contributed by atoms with Crippen molar-refractivity contribution in [2.75, 3.05) is 20.8 Å². The number of benzene rings is 1. The third kappa shape index (κ3) is 4.96. The molecule has 0 unspecified atom stereocenters. The second-order valence-corrected chi connectivity index (χ2v) is 5.46. The van der Waals surface area contributed by atoms with Crippen LogP contribution < -0.4 is 14.8 Å². The van der Waals surface area contributed by atoms with Crippen LogP contribution in [0.2, 0.25) is 0 Å². The van der Waals surface area contributed by atoms with Crippen molar-refractivity contribution in [3.63, 3.8) is 0 Å². The molecule has 0 radical (unpaired) electrons. The van der Waals surface area contributed by atoms with Crippen LogP contribution in [-0.2, 0) is 6.42 Å². The quantitative estimate of drug-likeness (QED) is 0.788. The number of hydrogen-bond donors (Lipinski definition) is 1. The fraction of sp³-hybridized carbons (Fsp3) is 0.600. The largest absolute Gasteiger partial charge is 0.497 e. The molecule has 0 saturated carbocycles. The van der Waals surface area contributed by atoms with Crippen molar-refractivity contribution in [2.45, 2.75) is 39.2 Å². The van der Waals surface area contributed by atoms with E-state index in [0.717, 1.165) is 30.9 Å². The van der Waals surface area contributed by atoms with Crippen molar-refractivity contribution in [3.05, 3.63) is 23.8 Å². The third-order valence-electron chi connectivity index (χ3n) is 2.77. The number of ether oxygens (including phenoxy) is 2. The molecule has 1 aromatic carbocycles. The average Bonchev–Trinajstić information content (AvgIpc) is 2.33. The highest BCUT2D eigenvalue weighted by Gasteiger charge is 2.08. The molecule has 0 spiro atoms. The predicted octanol–water partition coefficient (Wildman–Crippen LogP) is 3.02. The minimum Gasteiger partial charge on any atom is -0.497 e. The number of aryl methyl sites for hydroxylation is 1. The van der Waals surface area contributed by atoms with Gasteiger partial charge in [0.25, 0.3) is 0 Å². The Labute approximate surface area is 110 Å². The molecule has 0 atom stereocenters. The van der Waals surface area contributed by atoms with E-state index in [9.17, 15) is 0 Å². The third-order valence-corrected chi connectivity index (χ3v) is 2.77. The molecule has 1 N–H and O–H groups in total. The van der Waals surface area contributed by atoms with Gasteiger partial charge in [-0.2, -0.15) is 0 Å². The summed E-state index contributed by atoms with van der Waals surface area (Å²) in [5, 5.41) is 3.49. The Kier molecular flexibility index (Phi) is 5.48. The molecule has 102 valence electrons. The van der Waals surface area contributed by atoms with Gasteiger partial charge in [-0.25, -0.2) is 0 Å². The fourth-order valence-electron chi connectivity index (χ4n) is 1.80. The zero-order valence-electron chi connectivity index (χ0n) is 12.2. The normalized spacial score (nSPS) is 11.4. The van der Waals surface area contributed by atoms with E-state index in [1.54, 1.807) is 14.2 Å². The van der Waals surface area contributed by atoms with Gasteiger partial charge in [0.1, 0.15) is 11.5 Å². The van der Waals surface area contributed by atoms with Gasteiger partial charge in [0.15, 0.2) is 0 Å². The van der Waals surface area contributed by atoms with E-state index in [0.29, 0.717) is 0 Å². The molecular formula is C15H25NO2. The molecule has 0 aromatic heterocycles. The van der Waals surface area contributed by atoms with Crippen LogP contribution in [-0.4, -0.2) is 26.3 Å². The summed E-state index contributed by atoms with van der Waals surface area (Å²) >= 11 is 0. The smallest absolute Gasteiger partial charge is 0.125 e. The lowest BCUT2D eigenvalue weighted by atomic mass is 10.1. The van der Waals surface area contributed by atoms with Gasteiger partial charge in [-0.05, 0) is 51.8 Å².